The summed E-state index contributed by atoms with van der Waals surface area (Å²) in [6.07, 6.45) is 11.2. The van der Waals surface area contributed by atoms with Crippen molar-refractivity contribution in [2.24, 2.45) is 0 Å². The summed E-state index contributed by atoms with van der Waals surface area (Å²) in [5, 5.41) is 0. The molecule has 1 rings (SSSR count). The van der Waals surface area contributed by atoms with Gasteiger partial charge in [-0.15, -0.1) is 0 Å². The SMILES string of the molecule is Br[C@@H]1CCC=CCCC1. The van der Waals surface area contributed by atoms with Gasteiger partial charge >= 0.3 is 0 Å². The Hall–Kier alpha value is 0.220. The van der Waals surface area contributed by atoms with E-state index >= 15 is 0 Å². The van der Waals surface area contributed by atoms with E-state index in [1.165, 1.54) is 32.1 Å². The minimum absolute atomic E-state index is 0.780. The van der Waals surface area contributed by atoms with E-state index in [9.17, 15) is 0 Å². The summed E-state index contributed by atoms with van der Waals surface area (Å²) in [5.74, 6) is 0. The van der Waals surface area contributed by atoms with Gasteiger partial charge in [-0.2, -0.15) is 0 Å². The first-order valence-electron chi connectivity index (χ1n) is 3.68. The summed E-state index contributed by atoms with van der Waals surface area (Å²) < 4.78 is 0. The molecule has 0 aromatic carbocycles. The molecule has 1 heteroatoms. The second kappa shape index (κ2) is 4.10. The van der Waals surface area contributed by atoms with Crippen LogP contribution >= 0.6 is 15.9 Å². The standard InChI is InChI=1S/C8H13Br/c9-8-6-4-2-1-3-5-7-8/h1-2,8H,3-7H2/t8-/m1/s1. The monoisotopic (exact) mass is 188 g/mol. The number of hydrogen-bond donors (Lipinski definition) is 0. The minimum atomic E-state index is 0.780. The molecule has 0 radical (unpaired) electrons. The zero-order valence-electron chi connectivity index (χ0n) is 5.65. The normalized spacial score (nSPS) is 29.2. The topological polar surface area (TPSA) is 0 Å². The largest absolute Gasteiger partial charge is 0.0891 e. The van der Waals surface area contributed by atoms with Crippen LogP contribution in [-0.4, -0.2) is 4.83 Å². The van der Waals surface area contributed by atoms with Crippen molar-refractivity contribution in [3.8, 4) is 0 Å². The Balaban J connectivity index is 2.27. The zero-order chi connectivity index (χ0) is 6.53. The first kappa shape index (κ1) is 7.33. The van der Waals surface area contributed by atoms with Gasteiger partial charge in [0.15, 0.2) is 0 Å². The molecule has 0 nitrogen and oxygen atoms in total. The molecule has 52 valence electrons. The lowest BCUT2D eigenvalue weighted by Gasteiger charge is -2.08. The van der Waals surface area contributed by atoms with Gasteiger partial charge in [-0.05, 0) is 32.1 Å². The lowest BCUT2D eigenvalue weighted by Crippen LogP contribution is -1.97. The van der Waals surface area contributed by atoms with Gasteiger partial charge in [0.25, 0.3) is 0 Å². The average molecular weight is 189 g/mol. The van der Waals surface area contributed by atoms with Crippen molar-refractivity contribution in [3.63, 3.8) is 0 Å². The Morgan fingerprint density at radius 1 is 1.11 bits per heavy atom. The lowest BCUT2D eigenvalue weighted by atomic mass is 10.1. The Morgan fingerprint density at radius 2 is 1.89 bits per heavy atom. The molecule has 0 fully saturated rings. The Labute approximate surface area is 65.5 Å². The highest BCUT2D eigenvalue weighted by Gasteiger charge is 2.02. The van der Waals surface area contributed by atoms with Gasteiger partial charge in [0.2, 0.25) is 0 Å². The molecule has 0 saturated carbocycles. The number of allylic oxidation sites excluding steroid dienone is 2. The van der Waals surface area contributed by atoms with Gasteiger partial charge in [0, 0.05) is 4.83 Å². The van der Waals surface area contributed by atoms with E-state index in [1.807, 2.05) is 0 Å². The quantitative estimate of drug-likeness (QED) is 0.405. The van der Waals surface area contributed by atoms with Crippen molar-refractivity contribution < 1.29 is 0 Å². The fraction of sp³-hybridized carbons (Fsp3) is 0.750. The molecular weight excluding hydrogens is 176 g/mol. The van der Waals surface area contributed by atoms with Gasteiger partial charge in [-0.3, -0.25) is 0 Å². The van der Waals surface area contributed by atoms with Gasteiger partial charge < -0.3 is 0 Å². The molecule has 0 aromatic rings. The first-order chi connectivity index (χ1) is 4.39. The summed E-state index contributed by atoms with van der Waals surface area (Å²) in [7, 11) is 0. The Kier molecular flexibility index (Phi) is 3.34. The highest BCUT2D eigenvalue weighted by atomic mass is 79.9. The zero-order valence-corrected chi connectivity index (χ0v) is 7.23. The molecule has 1 atom stereocenters. The van der Waals surface area contributed by atoms with Crippen LogP contribution in [0.25, 0.3) is 0 Å². The molecule has 0 N–H and O–H groups in total. The Morgan fingerprint density at radius 3 is 2.78 bits per heavy atom. The van der Waals surface area contributed by atoms with Crippen LogP contribution in [0, 0.1) is 0 Å². The number of rotatable bonds is 0. The van der Waals surface area contributed by atoms with Crippen LogP contribution in [0.5, 0.6) is 0 Å². The molecule has 0 unspecified atom stereocenters. The summed E-state index contributed by atoms with van der Waals surface area (Å²) in [5.41, 5.74) is 0. The summed E-state index contributed by atoms with van der Waals surface area (Å²) >= 11 is 3.64. The molecule has 1 aliphatic rings. The smallest absolute Gasteiger partial charge is 0.0148 e. The molecule has 0 bridgehead atoms. The molecule has 0 heterocycles. The third-order valence-corrected chi connectivity index (χ3v) is 2.62. The van der Waals surface area contributed by atoms with Crippen molar-refractivity contribution in [2.45, 2.75) is 36.9 Å². The highest BCUT2D eigenvalue weighted by Crippen LogP contribution is 2.18. The summed E-state index contributed by atoms with van der Waals surface area (Å²) in [6.45, 7) is 0. The average Bonchev–Trinajstić information content (AvgIpc) is 1.79. The lowest BCUT2D eigenvalue weighted by molar-refractivity contribution is 0.661. The maximum atomic E-state index is 3.64. The van der Waals surface area contributed by atoms with Crippen LogP contribution in [-0.2, 0) is 0 Å². The van der Waals surface area contributed by atoms with E-state index in [0.29, 0.717) is 0 Å². The fourth-order valence-electron chi connectivity index (χ4n) is 1.11. The van der Waals surface area contributed by atoms with Crippen LogP contribution in [0.4, 0.5) is 0 Å². The van der Waals surface area contributed by atoms with Gasteiger partial charge in [0.1, 0.15) is 0 Å². The molecule has 1 aliphatic carbocycles. The predicted molar refractivity (Wildman–Crippen MR) is 44.9 cm³/mol. The maximum absolute atomic E-state index is 3.64. The van der Waals surface area contributed by atoms with Crippen LogP contribution in [0.3, 0.4) is 0 Å². The van der Waals surface area contributed by atoms with Crippen molar-refractivity contribution in [2.75, 3.05) is 0 Å². The van der Waals surface area contributed by atoms with Crippen molar-refractivity contribution >= 4 is 15.9 Å². The van der Waals surface area contributed by atoms with Crippen LogP contribution in [0.1, 0.15) is 32.1 Å². The van der Waals surface area contributed by atoms with Crippen LogP contribution < -0.4 is 0 Å². The van der Waals surface area contributed by atoms with E-state index < -0.39 is 0 Å². The summed E-state index contributed by atoms with van der Waals surface area (Å²) in [4.78, 5) is 0.780. The van der Waals surface area contributed by atoms with Gasteiger partial charge in [-0.1, -0.05) is 28.1 Å². The molecule has 9 heavy (non-hydrogen) atoms. The number of halogens is 1. The van der Waals surface area contributed by atoms with E-state index in [2.05, 4.69) is 28.1 Å². The summed E-state index contributed by atoms with van der Waals surface area (Å²) in [6, 6.07) is 0. The molecule has 0 aromatic heterocycles. The van der Waals surface area contributed by atoms with Crippen molar-refractivity contribution in [1.82, 2.24) is 0 Å². The fourth-order valence-corrected chi connectivity index (χ4v) is 1.70. The van der Waals surface area contributed by atoms with Gasteiger partial charge in [0.05, 0.1) is 0 Å². The Bertz CT molecular complexity index is 96.7. The third kappa shape index (κ3) is 3.04. The molecule has 0 spiro atoms. The van der Waals surface area contributed by atoms with Gasteiger partial charge in [-0.25, -0.2) is 0 Å². The second-order valence-electron chi connectivity index (χ2n) is 2.58. The van der Waals surface area contributed by atoms with E-state index in [-0.39, 0.29) is 0 Å². The molecule has 0 aliphatic heterocycles. The van der Waals surface area contributed by atoms with Crippen molar-refractivity contribution in [3.05, 3.63) is 12.2 Å². The van der Waals surface area contributed by atoms with E-state index in [4.69, 9.17) is 0 Å². The first-order valence-corrected chi connectivity index (χ1v) is 4.60. The van der Waals surface area contributed by atoms with E-state index in [1.54, 1.807) is 0 Å². The molecule has 0 saturated heterocycles. The predicted octanol–water partition coefficient (Wildman–Crippen LogP) is 3.27. The van der Waals surface area contributed by atoms with E-state index in [0.717, 1.165) is 4.83 Å². The second-order valence-corrected chi connectivity index (χ2v) is 3.87. The number of hydrogen-bond acceptors (Lipinski definition) is 0. The third-order valence-electron chi connectivity index (χ3n) is 1.70. The molecular formula is C8H13Br. The van der Waals surface area contributed by atoms with Crippen LogP contribution in [0.2, 0.25) is 0 Å². The maximum Gasteiger partial charge on any atom is 0.0148 e. The van der Waals surface area contributed by atoms with Crippen molar-refractivity contribution in [1.29, 1.82) is 0 Å². The molecule has 0 amide bonds. The van der Waals surface area contributed by atoms with Crippen LogP contribution in [0.15, 0.2) is 12.2 Å². The highest BCUT2D eigenvalue weighted by molar-refractivity contribution is 9.09. The minimum Gasteiger partial charge on any atom is -0.0891 e. The number of alkyl halides is 1.